The molecule has 0 saturated carbocycles. The standard InChI is InChI=1S/C10H11F2N/c11-8-5-6-13(7-8)10-4-2-1-3-9(10)12/h1-4,8H,5-7H2. The lowest BCUT2D eigenvalue weighted by molar-refractivity contribution is 0.364. The van der Waals surface area contributed by atoms with Gasteiger partial charge < -0.3 is 4.90 Å². The van der Waals surface area contributed by atoms with Crippen molar-refractivity contribution in [2.45, 2.75) is 12.6 Å². The van der Waals surface area contributed by atoms with Gasteiger partial charge in [-0.2, -0.15) is 0 Å². The van der Waals surface area contributed by atoms with E-state index in [2.05, 4.69) is 0 Å². The topological polar surface area (TPSA) is 3.24 Å². The largest absolute Gasteiger partial charge is 0.366 e. The Morgan fingerprint density at radius 1 is 1.31 bits per heavy atom. The van der Waals surface area contributed by atoms with Crippen molar-refractivity contribution in [2.75, 3.05) is 18.0 Å². The smallest absolute Gasteiger partial charge is 0.146 e. The molecule has 0 bridgehead atoms. The molecule has 1 atom stereocenters. The third-order valence-corrected chi connectivity index (χ3v) is 2.32. The van der Waals surface area contributed by atoms with Crippen LogP contribution in [-0.2, 0) is 0 Å². The van der Waals surface area contributed by atoms with E-state index in [0.29, 0.717) is 25.2 Å². The van der Waals surface area contributed by atoms with Crippen molar-refractivity contribution >= 4 is 5.69 Å². The summed E-state index contributed by atoms with van der Waals surface area (Å²) in [5, 5.41) is 0. The third kappa shape index (κ3) is 1.64. The van der Waals surface area contributed by atoms with E-state index in [1.165, 1.54) is 6.07 Å². The molecule has 1 unspecified atom stereocenters. The van der Waals surface area contributed by atoms with Gasteiger partial charge in [0.05, 0.1) is 5.69 Å². The first kappa shape index (κ1) is 8.48. The zero-order valence-electron chi connectivity index (χ0n) is 7.21. The number of para-hydroxylation sites is 1. The monoisotopic (exact) mass is 183 g/mol. The number of nitrogens with zero attached hydrogens (tertiary/aromatic N) is 1. The summed E-state index contributed by atoms with van der Waals surface area (Å²) < 4.78 is 26.0. The summed E-state index contributed by atoms with van der Waals surface area (Å²) in [6, 6.07) is 6.50. The van der Waals surface area contributed by atoms with E-state index >= 15 is 0 Å². The lowest BCUT2D eigenvalue weighted by Crippen LogP contribution is -2.20. The predicted octanol–water partition coefficient (Wildman–Crippen LogP) is 2.37. The maximum absolute atomic E-state index is 13.2. The Bertz CT molecular complexity index is 301. The number of alkyl halides is 1. The number of anilines is 1. The average molecular weight is 183 g/mol. The molecule has 3 heteroatoms. The Labute approximate surface area is 76.0 Å². The van der Waals surface area contributed by atoms with Gasteiger partial charge in [-0.05, 0) is 18.6 Å². The molecule has 0 N–H and O–H groups in total. The number of benzene rings is 1. The van der Waals surface area contributed by atoms with Gasteiger partial charge in [-0.1, -0.05) is 12.1 Å². The summed E-state index contributed by atoms with van der Waals surface area (Å²) in [4.78, 5) is 1.75. The third-order valence-electron chi connectivity index (χ3n) is 2.32. The minimum atomic E-state index is -0.806. The molecule has 0 aliphatic carbocycles. The first-order valence-corrected chi connectivity index (χ1v) is 4.41. The summed E-state index contributed by atoms with van der Waals surface area (Å²) in [6.45, 7) is 0.934. The van der Waals surface area contributed by atoms with E-state index in [4.69, 9.17) is 0 Å². The molecule has 1 fully saturated rings. The number of halogens is 2. The van der Waals surface area contributed by atoms with E-state index in [1.807, 2.05) is 0 Å². The second kappa shape index (κ2) is 3.32. The van der Waals surface area contributed by atoms with E-state index in [0.717, 1.165) is 0 Å². The van der Waals surface area contributed by atoms with Crippen LogP contribution in [0.4, 0.5) is 14.5 Å². The maximum Gasteiger partial charge on any atom is 0.146 e. The van der Waals surface area contributed by atoms with Crippen LogP contribution in [0.3, 0.4) is 0 Å². The van der Waals surface area contributed by atoms with Crippen molar-refractivity contribution < 1.29 is 8.78 Å². The van der Waals surface area contributed by atoms with Gasteiger partial charge in [-0.3, -0.25) is 0 Å². The Morgan fingerprint density at radius 3 is 2.69 bits per heavy atom. The molecule has 1 aliphatic rings. The molecule has 13 heavy (non-hydrogen) atoms. The quantitative estimate of drug-likeness (QED) is 0.646. The zero-order chi connectivity index (χ0) is 9.26. The van der Waals surface area contributed by atoms with Crippen molar-refractivity contribution in [3.63, 3.8) is 0 Å². The van der Waals surface area contributed by atoms with Gasteiger partial charge in [0.2, 0.25) is 0 Å². The lowest BCUT2D eigenvalue weighted by atomic mass is 10.3. The SMILES string of the molecule is Fc1ccccc1N1CCC(F)C1. The zero-order valence-corrected chi connectivity index (χ0v) is 7.21. The predicted molar refractivity (Wildman–Crippen MR) is 48.1 cm³/mol. The van der Waals surface area contributed by atoms with Gasteiger partial charge >= 0.3 is 0 Å². The number of hydrogen-bond acceptors (Lipinski definition) is 1. The summed E-state index contributed by atoms with van der Waals surface area (Å²) in [6.07, 6.45) is -0.298. The first-order chi connectivity index (χ1) is 6.27. The van der Waals surface area contributed by atoms with Crippen molar-refractivity contribution in [2.24, 2.45) is 0 Å². The second-order valence-electron chi connectivity index (χ2n) is 3.28. The van der Waals surface area contributed by atoms with Gasteiger partial charge in [0.25, 0.3) is 0 Å². The van der Waals surface area contributed by atoms with Crippen LogP contribution in [-0.4, -0.2) is 19.3 Å². The van der Waals surface area contributed by atoms with Gasteiger partial charge in [-0.15, -0.1) is 0 Å². The second-order valence-corrected chi connectivity index (χ2v) is 3.28. The highest BCUT2D eigenvalue weighted by molar-refractivity contribution is 5.48. The molecule has 1 aliphatic heterocycles. The molecule has 70 valence electrons. The molecule has 1 heterocycles. The molecule has 0 spiro atoms. The lowest BCUT2D eigenvalue weighted by Gasteiger charge is -2.17. The van der Waals surface area contributed by atoms with Crippen LogP contribution in [0.1, 0.15) is 6.42 Å². The van der Waals surface area contributed by atoms with Crippen LogP contribution < -0.4 is 4.90 Å². The molecule has 0 aromatic heterocycles. The minimum Gasteiger partial charge on any atom is -0.366 e. The van der Waals surface area contributed by atoms with Crippen LogP contribution in [0.5, 0.6) is 0 Å². The maximum atomic E-state index is 13.2. The highest BCUT2D eigenvalue weighted by Gasteiger charge is 2.23. The van der Waals surface area contributed by atoms with Crippen molar-refractivity contribution in [1.82, 2.24) is 0 Å². The van der Waals surface area contributed by atoms with Crippen LogP contribution in [0.2, 0.25) is 0 Å². The normalized spacial score (nSPS) is 22.3. The molecule has 1 nitrogen and oxygen atoms in total. The Balaban J connectivity index is 2.21. The fourth-order valence-corrected chi connectivity index (χ4v) is 1.64. The summed E-state index contributed by atoms with van der Waals surface area (Å²) >= 11 is 0. The van der Waals surface area contributed by atoms with E-state index < -0.39 is 6.17 Å². The molecule has 1 aromatic rings. The van der Waals surface area contributed by atoms with E-state index in [1.54, 1.807) is 23.1 Å². The van der Waals surface area contributed by atoms with Gasteiger partial charge in [0.15, 0.2) is 0 Å². The molecular formula is C10H11F2N. The van der Waals surface area contributed by atoms with Crippen molar-refractivity contribution in [3.8, 4) is 0 Å². The van der Waals surface area contributed by atoms with Crippen molar-refractivity contribution in [1.29, 1.82) is 0 Å². The first-order valence-electron chi connectivity index (χ1n) is 4.41. The molecule has 1 saturated heterocycles. The Hall–Kier alpha value is -1.12. The molecular weight excluding hydrogens is 172 g/mol. The molecule has 1 aromatic carbocycles. The van der Waals surface area contributed by atoms with E-state index in [-0.39, 0.29) is 5.82 Å². The fraction of sp³-hybridized carbons (Fsp3) is 0.400. The Kier molecular flexibility index (Phi) is 2.17. The summed E-state index contributed by atoms with van der Waals surface area (Å²) in [5.74, 6) is -0.267. The summed E-state index contributed by atoms with van der Waals surface area (Å²) in [5.41, 5.74) is 0.516. The van der Waals surface area contributed by atoms with Crippen LogP contribution in [0.15, 0.2) is 24.3 Å². The van der Waals surface area contributed by atoms with Crippen LogP contribution in [0, 0.1) is 5.82 Å². The van der Waals surface area contributed by atoms with E-state index in [9.17, 15) is 8.78 Å². The number of rotatable bonds is 1. The fourth-order valence-electron chi connectivity index (χ4n) is 1.64. The summed E-state index contributed by atoms with van der Waals surface area (Å²) in [7, 11) is 0. The number of hydrogen-bond donors (Lipinski definition) is 0. The highest BCUT2D eigenvalue weighted by atomic mass is 19.1. The molecule has 0 amide bonds. The van der Waals surface area contributed by atoms with Crippen LogP contribution >= 0.6 is 0 Å². The van der Waals surface area contributed by atoms with Crippen LogP contribution in [0.25, 0.3) is 0 Å². The molecule has 0 radical (unpaired) electrons. The van der Waals surface area contributed by atoms with Crippen molar-refractivity contribution in [3.05, 3.63) is 30.1 Å². The highest BCUT2D eigenvalue weighted by Crippen LogP contribution is 2.24. The molecule has 2 rings (SSSR count). The minimum absolute atomic E-state index is 0.267. The average Bonchev–Trinajstić information content (AvgIpc) is 2.53. The van der Waals surface area contributed by atoms with Gasteiger partial charge in [0, 0.05) is 13.1 Å². The van der Waals surface area contributed by atoms with Gasteiger partial charge in [0.1, 0.15) is 12.0 Å². The van der Waals surface area contributed by atoms with Gasteiger partial charge in [-0.25, -0.2) is 8.78 Å². The Morgan fingerprint density at radius 2 is 2.08 bits per heavy atom.